The van der Waals surface area contributed by atoms with Crippen LogP contribution in [0.4, 0.5) is 0 Å². The van der Waals surface area contributed by atoms with Gasteiger partial charge in [0.15, 0.2) is 6.21 Å². The fourth-order valence-electron chi connectivity index (χ4n) is 3.27. The lowest BCUT2D eigenvalue weighted by Gasteiger charge is -2.20. The van der Waals surface area contributed by atoms with Gasteiger partial charge in [0.25, 0.3) is 0 Å². The molecule has 35 heavy (non-hydrogen) atoms. The Morgan fingerprint density at radius 3 is 1.91 bits per heavy atom. The molecule has 0 amide bonds. The zero-order valence-corrected chi connectivity index (χ0v) is 22.5. The van der Waals surface area contributed by atoms with Gasteiger partial charge in [0.2, 0.25) is 0 Å². The van der Waals surface area contributed by atoms with Crippen molar-refractivity contribution in [2.75, 3.05) is 54.4 Å². The Morgan fingerprint density at radius 2 is 1.54 bits per heavy atom. The molecule has 2 saturated heterocycles. The van der Waals surface area contributed by atoms with Gasteiger partial charge in [-0.1, -0.05) is 38.1 Å². The minimum atomic E-state index is 0. The Balaban J connectivity index is -0.000000206. The van der Waals surface area contributed by atoms with Gasteiger partial charge < -0.3 is 21.3 Å². The molecule has 206 valence electrons. The first kappa shape index (κ1) is 38.1. The molecule has 0 atom stereocenters. The largest absolute Gasteiger partial charge is 0.387 e. The SMILES string of the molecule is C.C.CN(C)/C=C(\Cl)C=[N+](C)C.Cl.Clc1cnc(C2CCNCC2)nc1.N=C(N)C1CCNCC1.[2HH]. The van der Waals surface area contributed by atoms with Crippen LogP contribution in [0.15, 0.2) is 23.6 Å². The number of hydrogen-bond acceptors (Lipinski definition) is 6. The molecule has 0 aliphatic carbocycles. The highest BCUT2D eigenvalue weighted by molar-refractivity contribution is 6.38. The minimum Gasteiger partial charge on any atom is -0.387 e. The first-order chi connectivity index (χ1) is 15.2. The van der Waals surface area contributed by atoms with Crippen LogP contribution in [0.2, 0.25) is 5.02 Å². The monoisotopic (exact) mass is 556 g/mol. The number of rotatable bonds is 4. The van der Waals surface area contributed by atoms with Crippen LogP contribution in [-0.4, -0.2) is 85.9 Å². The molecule has 2 aliphatic heterocycles. The second-order valence-electron chi connectivity index (χ2n) is 8.33. The summed E-state index contributed by atoms with van der Waals surface area (Å²) in [7, 11) is 7.75. The third kappa shape index (κ3) is 18.5. The summed E-state index contributed by atoms with van der Waals surface area (Å²) >= 11 is 11.5. The number of aromatic nitrogens is 2. The van der Waals surface area contributed by atoms with Crippen molar-refractivity contribution < 1.29 is 6.00 Å². The van der Waals surface area contributed by atoms with E-state index in [4.69, 9.17) is 34.3 Å². The average Bonchev–Trinajstić information content (AvgIpc) is 2.75. The number of allylic oxidation sites excluding steroid dienone is 1. The van der Waals surface area contributed by atoms with Crippen LogP contribution in [0, 0.1) is 11.3 Å². The van der Waals surface area contributed by atoms with E-state index in [1.807, 2.05) is 50.1 Å². The molecule has 2 fully saturated rings. The second kappa shape index (κ2) is 21.8. The van der Waals surface area contributed by atoms with E-state index in [2.05, 4.69) is 20.6 Å². The number of amidine groups is 1. The normalized spacial score (nSPS) is 15.8. The molecular formula is C24H50Cl3N8+. The first-order valence-corrected chi connectivity index (χ1v) is 11.7. The molecule has 0 unspecified atom stereocenters. The summed E-state index contributed by atoms with van der Waals surface area (Å²) in [5.74, 6) is 2.16. The Bertz CT molecular complexity index is 729. The van der Waals surface area contributed by atoms with Gasteiger partial charge in [0, 0.05) is 46.0 Å². The zero-order valence-electron chi connectivity index (χ0n) is 20.2. The van der Waals surface area contributed by atoms with E-state index >= 15 is 0 Å². The fourth-order valence-corrected chi connectivity index (χ4v) is 3.76. The molecule has 1 aromatic rings. The van der Waals surface area contributed by atoms with Crippen LogP contribution in [0.5, 0.6) is 0 Å². The van der Waals surface area contributed by atoms with E-state index in [9.17, 15) is 0 Å². The van der Waals surface area contributed by atoms with Crippen molar-refractivity contribution in [2.24, 2.45) is 11.7 Å². The fraction of sp³-hybridized carbons (Fsp3) is 0.667. The van der Waals surface area contributed by atoms with Gasteiger partial charge in [-0.2, -0.15) is 0 Å². The second-order valence-corrected chi connectivity index (χ2v) is 9.21. The van der Waals surface area contributed by atoms with Crippen LogP contribution >= 0.6 is 35.6 Å². The molecule has 5 N–H and O–H groups in total. The maximum atomic E-state index is 7.14. The van der Waals surface area contributed by atoms with Crippen LogP contribution in [0.1, 0.15) is 53.7 Å². The highest BCUT2D eigenvalue weighted by Gasteiger charge is 2.17. The summed E-state index contributed by atoms with van der Waals surface area (Å²) in [5, 5.41) is 15.0. The lowest BCUT2D eigenvalue weighted by Crippen LogP contribution is -2.34. The van der Waals surface area contributed by atoms with Gasteiger partial charge in [-0.15, -0.1) is 12.4 Å². The van der Waals surface area contributed by atoms with Crippen molar-refractivity contribution in [3.63, 3.8) is 0 Å². The molecule has 0 bridgehead atoms. The zero-order chi connectivity index (χ0) is 23.9. The van der Waals surface area contributed by atoms with Gasteiger partial charge in [-0.25, -0.2) is 14.5 Å². The molecule has 3 rings (SSSR count). The summed E-state index contributed by atoms with van der Waals surface area (Å²) in [6.45, 7) is 4.17. The van der Waals surface area contributed by atoms with Crippen molar-refractivity contribution in [1.82, 2.24) is 25.5 Å². The molecule has 11 heteroatoms. The van der Waals surface area contributed by atoms with Gasteiger partial charge in [0.1, 0.15) is 25.0 Å². The number of nitrogens with two attached hydrogens (primary N) is 1. The number of hydrogen-bond donors (Lipinski definition) is 4. The highest BCUT2D eigenvalue weighted by Crippen LogP contribution is 2.21. The van der Waals surface area contributed by atoms with Crippen LogP contribution in [-0.2, 0) is 0 Å². The van der Waals surface area contributed by atoms with Crippen molar-refractivity contribution in [3.05, 3.63) is 34.5 Å². The third-order valence-corrected chi connectivity index (χ3v) is 5.28. The number of halogens is 3. The van der Waals surface area contributed by atoms with Gasteiger partial charge in [0.05, 0.1) is 10.9 Å². The van der Waals surface area contributed by atoms with Crippen molar-refractivity contribution in [3.8, 4) is 0 Å². The highest BCUT2D eigenvalue weighted by atomic mass is 35.5. The Kier molecular flexibility index (Phi) is 23.7. The van der Waals surface area contributed by atoms with E-state index in [0.717, 1.165) is 62.7 Å². The van der Waals surface area contributed by atoms with Crippen LogP contribution in [0.25, 0.3) is 0 Å². The maximum absolute atomic E-state index is 7.14. The number of piperidine rings is 2. The standard InChI is InChI=1S/C9H12ClN3.C7H14ClN2.C6H13N3.2CH4.ClH.H2/c10-8-5-12-9(13-6-8)7-1-3-11-4-2-7;1-9(2)5-7(8)6-10(3)4;7-6(8)5-1-3-9-4-2-5;;;;/h5-7,11H,1-4H2;5-6H,1-4H3;5,9H,1-4H2,(H3,7,8);2*1H4;2*1H/q;+1;;;;;/i;;;;;;1+1. The molecule has 1 aromatic heterocycles. The quantitative estimate of drug-likeness (QED) is 0.248. The smallest absolute Gasteiger partial charge is 0.183 e. The number of nitrogens with one attached hydrogen (secondary N) is 3. The molecule has 0 spiro atoms. The van der Waals surface area contributed by atoms with Crippen molar-refractivity contribution in [1.29, 1.82) is 5.41 Å². The average molecular weight is 558 g/mol. The molecular weight excluding hydrogens is 507 g/mol. The van der Waals surface area contributed by atoms with E-state index in [1.165, 1.54) is 0 Å². The van der Waals surface area contributed by atoms with Gasteiger partial charge >= 0.3 is 0 Å². The summed E-state index contributed by atoms with van der Waals surface area (Å²) < 4.78 is 1.91. The Morgan fingerprint density at radius 1 is 1.09 bits per heavy atom. The van der Waals surface area contributed by atoms with Crippen LogP contribution in [0.3, 0.4) is 0 Å². The molecule has 0 aromatic carbocycles. The molecule has 2 aliphatic rings. The molecule has 3 heterocycles. The van der Waals surface area contributed by atoms with Gasteiger partial charge in [-0.3, -0.25) is 5.41 Å². The first-order valence-electron chi connectivity index (χ1n) is 11.0. The topological polar surface area (TPSA) is 106 Å². The van der Waals surface area contributed by atoms with E-state index < -0.39 is 0 Å². The lowest BCUT2D eigenvalue weighted by molar-refractivity contribution is -0.458. The van der Waals surface area contributed by atoms with E-state index in [1.54, 1.807) is 12.4 Å². The Labute approximate surface area is 231 Å². The van der Waals surface area contributed by atoms with Crippen LogP contribution < -0.4 is 16.4 Å². The minimum absolute atomic E-state index is 0. The Hall–Kier alpha value is -1.45. The number of nitrogens with zero attached hydrogens (tertiary/aromatic N) is 4. The molecule has 0 radical (unpaired) electrons. The summed E-state index contributed by atoms with van der Waals surface area (Å²) in [6.07, 6.45) is 11.4. The summed E-state index contributed by atoms with van der Waals surface area (Å²) in [4.78, 5) is 10.4. The van der Waals surface area contributed by atoms with Crippen molar-refractivity contribution >= 4 is 47.7 Å². The lowest BCUT2D eigenvalue weighted by atomic mass is 9.97. The summed E-state index contributed by atoms with van der Waals surface area (Å²) in [5.41, 5.74) is 5.32. The third-order valence-electron chi connectivity index (χ3n) is 4.89. The summed E-state index contributed by atoms with van der Waals surface area (Å²) in [6, 6.07) is 0. The predicted molar refractivity (Wildman–Crippen MR) is 158 cm³/mol. The maximum Gasteiger partial charge on any atom is 0.183 e. The predicted octanol–water partition coefficient (Wildman–Crippen LogP) is 4.43. The van der Waals surface area contributed by atoms with E-state index in [-0.39, 0.29) is 28.7 Å². The molecule has 0 saturated carbocycles. The van der Waals surface area contributed by atoms with E-state index in [0.29, 0.717) is 22.7 Å². The molecule has 8 nitrogen and oxygen atoms in total. The van der Waals surface area contributed by atoms with Crippen molar-refractivity contribution in [2.45, 2.75) is 46.5 Å². The van der Waals surface area contributed by atoms with Gasteiger partial charge in [-0.05, 0) is 51.9 Å².